The van der Waals surface area contributed by atoms with Crippen LogP contribution in [0, 0.1) is 12.8 Å². The van der Waals surface area contributed by atoms with Crippen LogP contribution in [0.1, 0.15) is 24.0 Å². The molecule has 4 nitrogen and oxygen atoms in total. The van der Waals surface area contributed by atoms with E-state index in [0.717, 1.165) is 45.6 Å². The molecule has 1 unspecified atom stereocenters. The lowest BCUT2D eigenvalue weighted by atomic mass is 9.95. The molecular formula is C24H30N2O2. The molecule has 0 bridgehead atoms. The van der Waals surface area contributed by atoms with Crippen molar-refractivity contribution in [1.29, 1.82) is 0 Å². The zero-order valence-corrected chi connectivity index (χ0v) is 16.8. The average Bonchev–Trinajstić information content (AvgIpc) is 2.74. The molecule has 0 radical (unpaired) electrons. The Morgan fingerprint density at radius 3 is 2.57 bits per heavy atom. The van der Waals surface area contributed by atoms with E-state index in [2.05, 4.69) is 60.4 Å². The molecule has 1 atom stereocenters. The Hall–Kier alpha value is -2.17. The van der Waals surface area contributed by atoms with Gasteiger partial charge in [-0.15, -0.1) is 0 Å². The number of carbonyl (C=O) groups is 1. The Bertz CT molecular complexity index is 814. The van der Waals surface area contributed by atoms with Gasteiger partial charge in [-0.2, -0.15) is 0 Å². The highest BCUT2D eigenvalue weighted by molar-refractivity contribution is 5.79. The molecule has 148 valence electrons. The number of hydrogen-bond donors (Lipinski definition) is 0. The van der Waals surface area contributed by atoms with Crippen LogP contribution in [0.2, 0.25) is 0 Å². The molecule has 2 saturated heterocycles. The van der Waals surface area contributed by atoms with Crippen LogP contribution in [-0.4, -0.2) is 55.1 Å². The molecule has 0 N–H and O–H groups in total. The molecule has 2 aliphatic heterocycles. The minimum absolute atomic E-state index is 0.131. The van der Waals surface area contributed by atoms with Gasteiger partial charge in [0.05, 0.1) is 19.1 Å². The monoisotopic (exact) mass is 378 g/mol. The van der Waals surface area contributed by atoms with E-state index in [1.54, 1.807) is 0 Å². The van der Waals surface area contributed by atoms with Gasteiger partial charge in [0.25, 0.3) is 0 Å². The van der Waals surface area contributed by atoms with Gasteiger partial charge in [0.1, 0.15) is 0 Å². The van der Waals surface area contributed by atoms with Gasteiger partial charge in [-0.1, -0.05) is 48.0 Å². The quantitative estimate of drug-likeness (QED) is 0.813. The normalized spacial score (nSPS) is 20.9. The molecule has 0 spiro atoms. The predicted molar refractivity (Wildman–Crippen MR) is 112 cm³/mol. The van der Waals surface area contributed by atoms with Gasteiger partial charge in [0, 0.05) is 26.2 Å². The van der Waals surface area contributed by atoms with Gasteiger partial charge in [-0.05, 0) is 49.1 Å². The molecular weight excluding hydrogens is 348 g/mol. The lowest BCUT2D eigenvalue weighted by molar-refractivity contribution is -0.141. The number of piperidine rings is 1. The summed E-state index contributed by atoms with van der Waals surface area (Å²) < 4.78 is 5.39. The molecule has 0 aliphatic carbocycles. The number of morpholine rings is 1. The standard InChI is InChI=1S/C24H30N2O2/c1-19-5-2-7-21(15-19)22-8-3-6-20(16-22)17-25-10-4-9-23(18-25)24(27)26-11-13-28-14-12-26/h2-3,5-8,15-16,23H,4,9-14,17-18H2,1H3. The molecule has 2 aromatic rings. The molecule has 4 heteroatoms. The van der Waals surface area contributed by atoms with Crippen molar-refractivity contribution in [3.8, 4) is 11.1 Å². The van der Waals surface area contributed by atoms with E-state index >= 15 is 0 Å². The zero-order valence-electron chi connectivity index (χ0n) is 16.8. The maximum Gasteiger partial charge on any atom is 0.227 e. The number of hydrogen-bond acceptors (Lipinski definition) is 3. The second-order valence-electron chi connectivity index (χ2n) is 8.08. The minimum Gasteiger partial charge on any atom is -0.378 e. The maximum atomic E-state index is 12.9. The third-order valence-electron chi connectivity index (χ3n) is 5.86. The van der Waals surface area contributed by atoms with Crippen LogP contribution in [0.3, 0.4) is 0 Å². The molecule has 2 heterocycles. The van der Waals surface area contributed by atoms with Crippen molar-refractivity contribution in [2.75, 3.05) is 39.4 Å². The van der Waals surface area contributed by atoms with Crippen LogP contribution < -0.4 is 0 Å². The first-order valence-electron chi connectivity index (χ1n) is 10.4. The highest BCUT2D eigenvalue weighted by Gasteiger charge is 2.30. The summed E-state index contributed by atoms with van der Waals surface area (Å²) in [4.78, 5) is 17.3. The number of carbonyl (C=O) groups excluding carboxylic acids is 1. The van der Waals surface area contributed by atoms with Crippen molar-refractivity contribution in [3.05, 3.63) is 59.7 Å². The fraction of sp³-hybridized carbons (Fsp3) is 0.458. The molecule has 1 amide bonds. The fourth-order valence-corrected chi connectivity index (χ4v) is 4.37. The lowest BCUT2D eigenvalue weighted by Crippen LogP contribution is -2.48. The molecule has 4 rings (SSSR count). The van der Waals surface area contributed by atoms with Crippen LogP contribution in [0.25, 0.3) is 11.1 Å². The van der Waals surface area contributed by atoms with Crippen LogP contribution >= 0.6 is 0 Å². The molecule has 2 aromatic carbocycles. The van der Waals surface area contributed by atoms with Gasteiger partial charge in [0.2, 0.25) is 5.91 Å². The first kappa shape index (κ1) is 19.2. The number of benzene rings is 2. The Morgan fingerprint density at radius 1 is 1.04 bits per heavy atom. The highest BCUT2D eigenvalue weighted by atomic mass is 16.5. The summed E-state index contributed by atoms with van der Waals surface area (Å²) in [5.41, 5.74) is 5.13. The number of likely N-dealkylation sites (tertiary alicyclic amines) is 1. The smallest absolute Gasteiger partial charge is 0.227 e. The third kappa shape index (κ3) is 4.62. The Labute approximate surface area is 168 Å². The Balaban J connectivity index is 1.41. The molecule has 2 fully saturated rings. The summed E-state index contributed by atoms with van der Waals surface area (Å²) in [6.45, 7) is 7.81. The van der Waals surface area contributed by atoms with Crippen LogP contribution in [-0.2, 0) is 16.1 Å². The number of aryl methyl sites for hydroxylation is 1. The van der Waals surface area contributed by atoms with E-state index < -0.39 is 0 Å². The first-order chi connectivity index (χ1) is 13.7. The number of nitrogens with zero attached hydrogens (tertiary/aromatic N) is 2. The SMILES string of the molecule is Cc1cccc(-c2cccc(CN3CCCC(C(=O)N4CCOCC4)C3)c2)c1. The average molecular weight is 379 g/mol. The lowest BCUT2D eigenvalue weighted by Gasteiger charge is -2.36. The summed E-state index contributed by atoms with van der Waals surface area (Å²) in [5, 5.41) is 0. The van der Waals surface area contributed by atoms with Crippen LogP contribution in [0.15, 0.2) is 48.5 Å². The van der Waals surface area contributed by atoms with Gasteiger partial charge in [0.15, 0.2) is 0 Å². The third-order valence-corrected chi connectivity index (χ3v) is 5.86. The molecule has 28 heavy (non-hydrogen) atoms. The van der Waals surface area contributed by atoms with Crippen molar-refractivity contribution < 1.29 is 9.53 Å². The van der Waals surface area contributed by atoms with Gasteiger partial charge < -0.3 is 9.64 Å². The largest absolute Gasteiger partial charge is 0.378 e. The predicted octanol–water partition coefficient (Wildman–Crippen LogP) is 3.73. The van der Waals surface area contributed by atoms with E-state index in [4.69, 9.17) is 4.74 Å². The van der Waals surface area contributed by atoms with Crippen molar-refractivity contribution >= 4 is 5.91 Å². The van der Waals surface area contributed by atoms with Crippen LogP contribution in [0.4, 0.5) is 0 Å². The van der Waals surface area contributed by atoms with Crippen molar-refractivity contribution in [2.24, 2.45) is 5.92 Å². The molecule has 0 saturated carbocycles. The first-order valence-corrected chi connectivity index (χ1v) is 10.4. The second kappa shape index (κ2) is 8.89. The minimum atomic E-state index is 0.131. The number of amides is 1. The zero-order chi connectivity index (χ0) is 19.3. The van der Waals surface area contributed by atoms with Crippen LogP contribution in [0.5, 0.6) is 0 Å². The van der Waals surface area contributed by atoms with Gasteiger partial charge in [-0.3, -0.25) is 9.69 Å². The maximum absolute atomic E-state index is 12.9. The molecule has 0 aromatic heterocycles. The van der Waals surface area contributed by atoms with Gasteiger partial charge in [-0.25, -0.2) is 0 Å². The van der Waals surface area contributed by atoms with Crippen molar-refractivity contribution in [3.63, 3.8) is 0 Å². The summed E-state index contributed by atoms with van der Waals surface area (Å²) in [7, 11) is 0. The summed E-state index contributed by atoms with van der Waals surface area (Å²) in [6.07, 6.45) is 2.11. The van der Waals surface area contributed by atoms with E-state index in [-0.39, 0.29) is 5.92 Å². The highest BCUT2D eigenvalue weighted by Crippen LogP contribution is 2.24. The Morgan fingerprint density at radius 2 is 1.79 bits per heavy atom. The van der Waals surface area contributed by atoms with E-state index in [1.165, 1.54) is 22.3 Å². The van der Waals surface area contributed by atoms with E-state index in [0.29, 0.717) is 19.1 Å². The Kier molecular flexibility index (Phi) is 6.08. The number of rotatable bonds is 4. The summed E-state index contributed by atoms with van der Waals surface area (Å²) in [5.74, 6) is 0.452. The molecule has 2 aliphatic rings. The van der Waals surface area contributed by atoms with Crippen molar-refractivity contribution in [1.82, 2.24) is 9.80 Å². The number of ether oxygens (including phenoxy) is 1. The second-order valence-corrected chi connectivity index (χ2v) is 8.08. The van der Waals surface area contributed by atoms with E-state index in [9.17, 15) is 4.79 Å². The summed E-state index contributed by atoms with van der Waals surface area (Å²) >= 11 is 0. The summed E-state index contributed by atoms with van der Waals surface area (Å²) in [6, 6.07) is 17.5. The van der Waals surface area contributed by atoms with Crippen molar-refractivity contribution in [2.45, 2.75) is 26.3 Å². The van der Waals surface area contributed by atoms with E-state index in [1.807, 2.05) is 4.90 Å². The van der Waals surface area contributed by atoms with Gasteiger partial charge >= 0.3 is 0 Å². The fourth-order valence-electron chi connectivity index (χ4n) is 4.37. The topological polar surface area (TPSA) is 32.8 Å².